The van der Waals surface area contributed by atoms with E-state index in [0.717, 1.165) is 43.3 Å². The van der Waals surface area contributed by atoms with Gasteiger partial charge in [-0.1, -0.05) is 0 Å². The van der Waals surface area contributed by atoms with E-state index in [1.807, 2.05) is 22.9 Å². The number of methoxy groups -OCH3 is 1. The van der Waals surface area contributed by atoms with E-state index in [4.69, 9.17) is 10.00 Å². The number of piperazine rings is 1. The molecule has 2 aromatic heterocycles. The molecule has 4 rings (SSSR count). The lowest BCUT2D eigenvalue weighted by atomic mass is 10.2. The predicted molar refractivity (Wildman–Crippen MR) is 110 cm³/mol. The normalized spacial score (nSPS) is 14.4. The van der Waals surface area contributed by atoms with Crippen LogP contribution in [0.4, 0.5) is 17.3 Å². The van der Waals surface area contributed by atoms with Crippen molar-refractivity contribution in [3.63, 3.8) is 0 Å². The molecule has 0 unspecified atom stereocenters. The van der Waals surface area contributed by atoms with Crippen LogP contribution in [0.5, 0.6) is 5.75 Å². The van der Waals surface area contributed by atoms with Gasteiger partial charge in [-0.2, -0.15) is 5.26 Å². The Bertz CT molecular complexity index is 1020. The Hall–Kier alpha value is -3.64. The number of aromatic nitrogens is 4. The van der Waals surface area contributed by atoms with E-state index in [1.165, 1.54) is 12.4 Å². The molecule has 9 heteroatoms. The van der Waals surface area contributed by atoms with Gasteiger partial charge in [0.1, 0.15) is 29.8 Å². The Balaban J connectivity index is 1.52. The summed E-state index contributed by atoms with van der Waals surface area (Å²) in [5, 5.41) is 11.9. The minimum atomic E-state index is 0.270. The molecule has 0 bridgehead atoms. The number of nitriles is 1. The number of ether oxygens (including phenoxy) is 1. The molecule has 0 radical (unpaired) electrons. The summed E-state index contributed by atoms with van der Waals surface area (Å²) in [4.78, 5) is 17.2. The van der Waals surface area contributed by atoms with Gasteiger partial charge in [0, 0.05) is 37.9 Å². The van der Waals surface area contributed by atoms with Gasteiger partial charge >= 0.3 is 0 Å². The number of anilines is 3. The van der Waals surface area contributed by atoms with Crippen LogP contribution in [0, 0.1) is 11.3 Å². The van der Waals surface area contributed by atoms with E-state index in [0.29, 0.717) is 11.6 Å². The molecule has 148 valence electrons. The highest BCUT2D eigenvalue weighted by Crippen LogP contribution is 2.30. The van der Waals surface area contributed by atoms with Gasteiger partial charge in [-0.25, -0.2) is 15.0 Å². The molecular weight excluding hydrogens is 368 g/mol. The average molecular weight is 390 g/mol. The third-order valence-corrected chi connectivity index (χ3v) is 4.92. The maximum Gasteiger partial charge on any atom is 0.158 e. The summed E-state index contributed by atoms with van der Waals surface area (Å²) >= 11 is 0. The van der Waals surface area contributed by atoms with Crippen molar-refractivity contribution >= 4 is 17.3 Å². The van der Waals surface area contributed by atoms with Crippen molar-refractivity contribution in [2.24, 2.45) is 0 Å². The minimum Gasteiger partial charge on any atom is -0.494 e. The Labute approximate surface area is 169 Å². The van der Waals surface area contributed by atoms with Crippen molar-refractivity contribution in [1.29, 1.82) is 5.26 Å². The highest BCUT2D eigenvalue weighted by molar-refractivity contribution is 5.60. The molecule has 0 aliphatic carbocycles. The van der Waals surface area contributed by atoms with Crippen LogP contribution in [-0.2, 0) is 0 Å². The Kier molecular flexibility index (Phi) is 5.27. The Morgan fingerprint density at radius 2 is 1.90 bits per heavy atom. The molecule has 1 aliphatic rings. The first-order chi connectivity index (χ1) is 14.2. The van der Waals surface area contributed by atoms with Gasteiger partial charge < -0.3 is 24.4 Å². The molecule has 0 spiro atoms. The third-order valence-electron chi connectivity index (χ3n) is 4.92. The van der Waals surface area contributed by atoms with Crippen molar-refractivity contribution < 1.29 is 4.74 Å². The fourth-order valence-corrected chi connectivity index (χ4v) is 3.24. The lowest BCUT2D eigenvalue weighted by Gasteiger charge is -2.34. The van der Waals surface area contributed by atoms with Crippen LogP contribution in [0.3, 0.4) is 0 Å². The zero-order chi connectivity index (χ0) is 20.2. The van der Waals surface area contributed by atoms with Gasteiger partial charge in [0.15, 0.2) is 5.69 Å². The molecule has 1 N–H and O–H groups in total. The first-order valence-corrected chi connectivity index (χ1v) is 9.31. The highest BCUT2D eigenvalue weighted by atomic mass is 16.5. The van der Waals surface area contributed by atoms with Crippen LogP contribution in [0.2, 0.25) is 0 Å². The lowest BCUT2D eigenvalue weighted by molar-refractivity contribution is 0.312. The molecule has 3 heterocycles. The van der Waals surface area contributed by atoms with Crippen LogP contribution in [0.15, 0.2) is 43.1 Å². The molecule has 1 saturated heterocycles. The molecule has 0 amide bonds. The molecule has 3 aromatic rings. The van der Waals surface area contributed by atoms with E-state index in [-0.39, 0.29) is 5.69 Å². The zero-order valence-electron chi connectivity index (χ0n) is 16.4. The van der Waals surface area contributed by atoms with Crippen LogP contribution in [0.1, 0.15) is 5.69 Å². The molecule has 1 aromatic carbocycles. The number of rotatable bonds is 5. The second-order valence-corrected chi connectivity index (χ2v) is 6.84. The molecule has 9 nitrogen and oxygen atoms in total. The van der Waals surface area contributed by atoms with Gasteiger partial charge in [-0.15, -0.1) is 0 Å². The predicted octanol–water partition coefficient (Wildman–Crippen LogP) is 2.04. The highest BCUT2D eigenvalue weighted by Gasteiger charge is 2.16. The average Bonchev–Trinajstić information content (AvgIpc) is 3.22. The van der Waals surface area contributed by atoms with E-state index < -0.39 is 0 Å². The van der Waals surface area contributed by atoms with Crippen molar-refractivity contribution in [2.45, 2.75) is 0 Å². The minimum absolute atomic E-state index is 0.270. The van der Waals surface area contributed by atoms with Crippen molar-refractivity contribution in [3.8, 4) is 17.5 Å². The van der Waals surface area contributed by atoms with Gasteiger partial charge in [-0.05, 0) is 19.2 Å². The first kappa shape index (κ1) is 18.7. The summed E-state index contributed by atoms with van der Waals surface area (Å²) in [6.45, 7) is 4.12. The van der Waals surface area contributed by atoms with Crippen molar-refractivity contribution in [2.75, 3.05) is 50.6 Å². The van der Waals surface area contributed by atoms with E-state index in [9.17, 15) is 0 Å². The fourth-order valence-electron chi connectivity index (χ4n) is 3.24. The summed E-state index contributed by atoms with van der Waals surface area (Å²) in [5.74, 6) is 1.92. The van der Waals surface area contributed by atoms with Crippen LogP contribution in [0.25, 0.3) is 5.69 Å². The molecule has 0 saturated carbocycles. The Morgan fingerprint density at radius 1 is 1.07 bits per heavy atom. The Morgan fingerprint density at radius 3 is 2.59 bits per heavy atom. The number of nitrogens with one attached hydrogen (secondary N) is 1. The lowest BCUT2D eigenvalue weighted by Crippen LogP contribution is -2.44. The summed E-state index contributed by atoms with van der Waals surface area (Å²) < 4.78 is 7.54. The summed E-state index contributed by atoms with van der Waals surface area (Å²) in [6, 6.07) is 8.17. The second kappa shape index (κ2) is 8.16. The van der Waals surface area contributed by atoms with E-state index >= 15 is 0 Å². The maximum absolute atomic E-state index is 8.81. The van der Waals surface area contributed by atoms with Crippen LogP contribution < -0.4 is 15.0 Å². The van der Waals surface area contributed by atoms with Crippen LogP contribution in [-0.4, -0.2) is 64.8 Å². The molecule has 0 atom stereocenters. The van der Waals surface area contributed by atoms with Crippen LogP contribution >= 0.6 is 0 Å². The van der Waals surface area contributed by atoms with Gasteiger partial charge in [0.2, 0.25) is 0 Å². The maximum atomic E-state index is 8.81. The molecular formula is C20H22N8O. The SMILES string of the molecule is COc1cc(N2CCN(C)CC2)ccc1-n1cnc(Nc2cnc(C#N)cn2)c1. The topological polar surface area (TPSA) is 95.1 Å². The third kappa shape index (κ3) is 4.12. The van der Waals surface area contributed by atoms with Gasteiger partial charge in [0.25, 0.3) is 0 Å². The van der Waals surface area contributed by atoms with Crippen molar-refractivity contribution in [1.82, 2.24) is 24.4 Å². The molecule has 1 fully saturated rings. The summed E-state index contributed by atoms with van der Waals surface area (Å²) in [5.41, 5.74) is 2.33. The number of imidazole rings is 1. The smallest absolute Gasteiger partial charge is 0.158 e. The summed E-state index contributed by atoms with van der Waals surface area (Å²) in [7, 11) is 3.82. The second-order valence-electron chi connectivity index (χ2n) is 6.84. The quantitative estimate of drug-likeness (QED) is 0.707. The number of nitrogens with zero attached hydrogens (tertiary/aromatic N) is 7. The van der Waals surface area contributed by atoms with E-state index in [1.54, 1.807) is 13.4 Å². The number of likely N-dealkylation sites (N-methyl/N-ethyl adjacent to an activating group) is 1. The van der Waals surface area contributed by atoms with Gasteiger partial charge in [-0.3, -0.25) is 0 Å². The number of hydrogen-bond acceptors (Lipinski definition) is 8. The summed E-state index contributed by atoms with van der Waals surface area (Å²) in [6.07, 6.45) is 6.49. The first-order valence-electron chi connectivity index (χ1n) is 9.31. The van der Waals surface area contributed by atoms with E-state index in [2.05, 4.69) is 49.2 Å². The fraction of sp³-hybridized carbons (Fsp3) is 0.300. The monoisotopic (exact) mass is 390 g/mol. The number of hydrogen-bond donors (Lipinski definition) is 1. The zero-order valence-corrected chi connectivity index (χ0v) is 16.4. The molecule has 29 heavy (non-hydrogen) atoms. The number of benzene rings is 1. The standard InChI is InChI=1S/C20H22N8O/c1-26-5-7-27(8-6-26)16-3-4-17(18(9-16)29-2)28-13-20(24-14-28)25-19-12-22-15(10-21)11-23-19/h3-4,9,11-14H,5-8H2,1-2H3,(H,23,25). The van der Waals surface area contributed by atoms with Crippen molar-refractivity contribution in [3.05, 3.63) is 48.8 Å². The van der Waals surface area contributed by atoms with Gasteiger partial charge in [0.05, 0.1) is 31.4 Å². The molecule has 1 aliphatic heterocycles. The largest absolute Gasteiger partial charge is 0.494 e.